The lowest BCUT2D eigenvalue weighted by Gasteiger charge is -2.26. The Morgan fingerprint density at radius 3 is 2.43 bits per heavy atom. The van der Waals surface area contributed by atoms with E-state index in [4.69, 9.17) is 16.3 Å². The first-order valence-corrected chi connectivity index (χ1v) is 14.0. The van der Waals surface area contributed by atoms with Gasteiger partial charge in [0.1, 0.15) is 0 Å². The van der Waals surface area contributed by atoms with Gasteiger partial charge in [-0.05, 0) is 57.9 Å². The Morgan fingerprint density at radius 1 is 1.11 bits per heavy atom. The molecule has 1 fully saturated rings. The monoisotopic (exact) mass is 540 g/mol. The fourth-order valence-electron chi connectivity index (χ4n) is 3.82. The first kappa shape index (κ1) is 27.3. The number of sulfonamides is 1. The summed E-state index contributed by atoms with van der Waals surface area (Å²) in [5.74, 6) is -1.50. The summed E-state index contributed by atoms with van der Waals surface area (Å²) in [5, 5.41) is 2.69. The van der Waals surface area contributed by atoms with Crippen LogP contribution in [0.1, 0.15) is 59.1 Å². The SMILES string of the molecule is Cc1cc(C(=O)CCC(=O)OC(C)C(=O)Nc2cc(S(=O)(=O)N3CCCCC3)ccc2Cl)c(C)s1. The van der Waals surface area contributed by atoms with Crippen LogP contribution in [0.3, 0.4) is 0 Å². The Morgan fingerprint density at radius 2 is 1.80 bits per heavy atom. The standard InChI is InChI=1S/C24H29ClN2O6S2/c1-15-13-19(17(3)34-15)22(28)9-10-23(29)33-16(2)24(30)26-21-14-18(7-8-20(21)25)35(31,32)27-11-5-4-6-12-27/h7-8,13-14,16H,4-6,9-12H2,1-3H3,(H,26,30). The summed E-state index contributed by atoms with van der Waals surface area (Å²) >= 11 is 7.69. The number of carbonyl (C=O) groups excluding carboxylic acids is 3. The van der Waals surface area contributed by atoms with E-state index in [9.17, 15) is 22.8 Å². The van der Waals surface area contributed by atoms with Crippen molar-refractivity contribution in [1.82, 2.24) is 4.31 Å². The molecule has 0 bridgehead atoms. The second-order valence-electron chi connectivity index (χ2n) is 8.48. The van der Waals surface area contributed by atoms with Crippen LogP contribution in [-0.4, -0.2) is 49.6 Å². The molecule has 1 unspecified atom stereocenters. The van der Waals surface area contributed by atoms with Crippen molar-refractivity contribution in [3.63, 3.8) is 0 Å². The molecular weight excluding hydrogens is 512 g/mol. The summed E-state index contributed by atoms with van der Waals surface area (Å²) in [6.45, 7) is 6.06. The van der Waals surface area contributed by atoms with Gasteiger partial charge >= 0.3 is 5.97 Å². The number of esters is 1. The van der Waals surface area contributed by atoms with E-state index in [1.807, 2.05) is 13.8 Å². The van der Waals surface area contributed by atoms with Gasteiger partial charge in [-0.25, -0.2) is 8.42 Å². The van der Waals surface area contributed by atoms with Crippen LogP contribution < -0.4 is 5.32 Å². The third-order valence-corrected chi connectivity index (χ3v) is 8.91. The quantitative estimate of drug-likeness (QED) is 0.364. The molecule has 0 spiro atoms. The van der Waals surface area contributed by atoms with Crippen molar-refractivity contribution in [2.45, 2.75) is 63.9 Å². The summed E-state index contributed by atoms with van der Waals surface area (Å²) < 4.78 is 32.5. The number of benzene rings is 1. The number of hydrogen-bond donors (Lipinski definition) is 1. The van der Waals surface area contributed by atoms with Gasteiger partial charge in [-0.3, -0.25) is 14.4 Å². The molecule has 1 N–H and O–H groups in total. The van der Waals surface area contributed by atoms with Crippen LogP contribution >= 0.6 is 22.9 Å². The molecule has 3 rings (SSSR count). The van der Waals surface area contributed by atoms with E-state index in [0.29, 0.717) is 18.7 Å². The lowest BCUT2D eigenvalue weighted by Crippen LogP contribution is -2.35. The number of amides is 1. The number of Topliss-reactive ketones (excluding diaryl/α,β-unsaturated/α-hetero) is 1. The molecule has 1 aromatic heterocycles. The maximum atomic E-state index is 12.9. The van der Waals surface area contributed by atoms with Crippen molar-refractivity contribution < 1.29 is 27.5 Å². The number of thiophene rings is 1. The van der Waals surface area contributed by atoms with Crippen molar-refractivity contribution in [1.29, 1.82) is 0 Å². The van der Waals surface area contributed by atoms with Crippen molar-refractivity contribution in [2.24, 2.45) is 0 Å². The summed E-state index contributed by atoms with van der Waals surface area (Å²) in [4.78, 5) is 39.1. The molecule has 0 aliphatic carbocycles. The van der Waals surface area contributed by atoms with E-state index in [1.165, 1.54) is 40.8 Å². The molecule has 1 amide bonds. The van der Waals surface area contributed by atoms with Crippen molar-refractivity contribution in [3.05, 3.63) is 44.6 Å². The zero-order chi connectivity index (χ0) is 25.8. The Labute approximate surface area is 214 Å². The van der Waals surface area contributed by atoms with Gasteiger partial charge in [0.2, 0.25) is 10.0 Å². The third-order valence-electron chi connectivity index (χ3n) is 5.72. The summed E-state index contributed by atoms with van der Waals surface area (Å²) in [5.41, 5.74) is 0.705. The normalized spacial score (nSPS) is 15.4. The van der Waals surface area contributed by atoms with Crippen LogP contribution in [0.5, 0.6) is 0 Å². The van der Waals surface area contributed by atoms with Crippen LogP contribution in [-0.2, 0) is 24.3 Å². The second kappa shape index (κ2) is 11.6. The summed E-state index contributed by atoms with van der Waals surface area (Å²) in [6.07, 6.45) is 1.25. The molecular formula is C24H29ClN2O6S2. The summed E-state index contributed by atoms with van der Waals surface area (Å²) in [6, 6.07) is 5.92. The van der Waals surface area contributed by atoms with Crippen molar-refractivity contribution in [2.75, 3.05) is 18.4 Å². The molecule has 8 nitrogen and oxygen atoms in total. The molecule has 1 atom stereocenters. The molecule has 1 aliphatic heterocycles. The van der Waals surface area contributed by atoms with Crippen molar-refractivity contribution in [3.8, 4) is 0 Å². The van der Waals surface area contributed by atoms with Gasteiger partial charge in [0, 0.05) is 34.8 Å². The number of ether oxygens (including phenoxy) is 1. The minimum absolute atomic E-state index is 0.0214. The van der Waals surface area contributed by atoms with E-state index in [2.05, 4.69) is 5.32 Å². The minimum Gasteiger partial charge on any atom is -0.453 e. The molecule has 35 heavy (non-hydrogen) atoms. The Hall–Kier alpha value is -2.27. The zero-order valence-corrected chi connectivity index (χ0v) is 22.3. The Kier molecular flexibility index (Phi) is 9.09. The average Bonchev–Trinajstić information content (AvgIpc) is 3.17. The van der Waals surface area contributed by atoms with Gasteiger partial charge in [0.05, 0.1) is 22.0 Å². The highest BCUT2D eigenvalue weighted by Gasteiger charge is 2.27. The zero-order valence-electron chi connectivity index (χ0n) is 19.9. The van der Waals surface area contributed by atoms with Gasteiger partial charge in [0.15, 0.2) is 11.9 Å². The molecule has 190 valence electrons. The number of nitrogens with zero attached hydrogens (tertiary/aromatic N) is 1. The van der Waals surface area contributed by atoms with E-state index in [0.717, 1.165) is 29.0 Å². The fourth-order valence-corrected chi connectivity index (χ4v) is 6.47. The number of carbonyl (C=O) groups is 3. The van der Waals surface area contributed by atoms with E-state index >= 15 is 0 Å². The number of halogens is 1. The van der Waals surface area contributed by atoms with E-state index in [-0.39, 0.29) is 34.2 Å². The number of aryl methyl sites for hydroxylation is 2. The second-order valence-corrected chi connectivity index (χ2v) is 12.3. The van der Waals surface area contributed by atoms with Crippen LogP contribution in [0.4, 0.5) is 5.69 Å². The minimum atomic E-state index is -3.71. The Balaban J connectivity index is 1.58. The molecule has 1 aromatic carbocycles. The number of ketones is 1. The highest BCUT2D eigenvalue weighted by atomic mass is 35.5. The first-order valence-electron chi connectivity index (χ1n) is 11.4. The first-order chi connectivity index (χ1) is 16.5. The fraction of sp³-hybridized carbons (Fsp3) is 0.458. The van der Waals surface area contributed by atoms with Crippen LogP contribution in [0.25, 0.3) is 0 Å². The molecule has 2 heterocycles. The van der Waals surface area contributed by atoms with Crippen LogP contribution in [0.15, 0.2) is 29.2 Å². The molecule has 1 saturated heterocycles. The van der Waals surface area contributed by atoms with Crippen molar-refractivity contribution >= 4 is 56.3 Å². The third kappa shape index (κ3) is 6.91. The molecule has 2 aromatic rings. The Bertz CT molecular complexity index is 1220. The molecule has 0 saturated carbocycles. The molecule has 0 radical (unpaired) electrons. The summed E-state index contributed by atoms with van der Waals surface area (Å²) in [7, 11) is -3.71. The number of nitrogens with one attached hydrogen (secondary N) is 1. The number of rotatable bonds is 9. The lowest BCUT2D eigenvalue weighted by atomic mass is 10.1. The van der Waals surface area contributed by atoms with Gasteiger partial charge < -0.3 is 10.1 Å². The predicted molar refractivity (Wildman–Crippen MR) is 136 cm³/mol. The van der Waals surface area contributed by atoms with Gasteiger partial charge in [-0.2, -0.15) is 4.31 Å². The molecule has 1 aliphatic rings. The van der Waals surface area contributed by atoms with Gasteiger partial charge in [-0.1, -0.05) is 18.0 Å². The van der Waals surface area contributed by atoms with Gasteiger partial charge in [0.25, 0.3) is 5.91 Å². The van der Waals surface area contributed by atoms with E-state index in [1.54, 1.807) is 6.07 Å². The smallest absolute Gasteiger partial charge is 0.307 e. The van der Waals surface area contributed by atoms with E-state index < -0.39 is 28.0 Å². The highest BCUT2D eigenvalue weighted by Crippen LogP contribution is 2.28. The largest absolute Gasteiger partial charge is 0.453 e. The lowest BCUT2D eigenvalue weighted by molar-refractivity contribution is -0.153. The average molecular weight is 541 g/mol. The predicted octanol–water partition coefficient (Wildman–Crippen LogP) is 4.73. The number of hydrogen-bond acceptors (Lipinski definition) is 7. The number of anilines is 1. The van der Waals surface area contributed by atoms with Gasteiger partial charge in [-0.15, -0.1) is 11.3 Å². The molecule has 11 heteroatoms. The number of piperidine rings is 1. The van der Waals surface area contributed by atoms with Crippen LogP contribution in [0.2, 0.25) is 5.02 Å². The maximum Gasteiger partial charge on any atom is 0.307 e. The topological polar surface area (TPSA) is 110 Å². The maximum absolute atomic E-state index is 12.9. The van der Waals surface area contributed by atoms with Crippen LogP contribution in [0, 0.1) is 13.8 Å². The highest BCUT2D eigenvalue weighted by molar-refractivity contribution is 7.89.